The lowest BCUT2D eigenvalue weighted by Crippen LogP contribution is -1.88. The van der Waals surface area contributed by atoms with Gasteiger partial charge in [-0.25, -0.2) is 0 Å². The van der Waals surface area contributed by atoms with Gasteiger partial charge >= 0.3 is 0 Å². The Hall–Kier alpha value is -5.12. The van der Waals surface area contributed by atoms with E-state index in [0.717, 1.165) is 27.5 Å². The summed E-state index contributed by atoms with van der Waals surface area (Å²) in [6, 6.07) is 46.1. The topological polar surface area (TPSA) is 17.6 Å². The van der Waals surface area contributed by atoms with E-state index in [1.165, 1.54) is 64.2 Å². The van der Waals surface area contributed by atoms with Crippen molar-refractivity contribution in [3.8, 4) is 21.6 Å². The molecule has 4 heterocycles. The number of nitrogens with zero attached hydrogens (tertiary/aromatic N) is 1. The zero-order valence-electron chi connectivity index (χ0n) is 21.9. The summed E-state index contributed by atoms with van der Waals surface area (Å²) in [6.45, 7) is 0. The maximum Gasteiger partial charge on any atom is 0.144 e. The van der Waals surface area contributed by atoms with Crippen LogP contribution in [0.1, 0.15) is 0 Å². The summed E-state index contributed by atoms with van der Waals surface area (Å²) in [5, 5.41) is 10.1. The predicted molar refractivity (Wildman–Crippen MR) is 175 cm³/mol. The molecule has 41 heavy (non-hydrogen) atoms. The maximum absolute atomic E-state index is 6.66. The molecule has 10 aromatic rings. The van der Waals surface area contributed by atoms with Crippen LogP contribution < -0.4 is 0 Å². The number of para-hydroxylation sites is 2. The molecular formula is C38H21NOS. The molecule has 0 aliphatic carbocycles. The molecule has 4 aromatic heterocycles. The second-order valence-corrected chi connectivity index (χ2v) is 11.9. The van der Waals surface area contributed by atoms with Crippen LogP contribution in [0.5, 0.6) is 0 Å². The Bertz CT molecular complexity index is 2630. The first-order valence-electron chi connectivity index (χ1n) is 13.9. The van der Waals surface area contributed by atoms with Crippen LogP contribution >= 0.6 is 11.3 Å². The van der Waals surface area contributed by atoms with Crippen LogP contribution in [-0.4, -0.2) is 4.40 Å². The van der Waals surface area contributed by atoms with Crippen molar-refractivity contribution in [1.29, 1.82) is 0 Å². The van der Waals surface area contributed by atoms with E-state index in [2.05, 4.69) is 126 Å². The number of pyridine rings is 1. The molecule has 10 rings (SSSR count). The van der Waals surface area contributed by atoms with Crippen LogP contribution in [0.4, 0.5) is 0 Å². The van der Waals surface area contributed by atoms with Gasteiger partial charge in [0, 0.05) is 42.8 Å². The molecular weight excluding hydrogens is 518 g/mol. The lowest BCUT2D eigenvalue weighted by atomic mass is 9.95. The summed E-state index contributed by atoms with van der Waals surface area (Å²) < 4.78 is 9.17. The molecule has 0 aliphatic heterocycles. The number of hydrogen-bond acceptors (Lipinski definition) is 2. The summed E-state index contributed by atoms with van der Waals surface area (Å²) >= 11 is 1.87. The van der Waals surface area contributed by atoms with E-state index in [-0.39, 0.29) is 0 Å². The van der Waals surface area contributed by atoms with E-state index in [1.54, 1.807) is 0 Å². The number of thiophene rings is 1. The second kappa shape index (κ2) is 7.75. The molecule has 3 heteroatoms. The highest BCUT2D eigenvalue weighted by Gasteiger charge is 2.23. The summed E-state index contributed by atoms with van der Waals surface area (Å²) in [7, 11) is 0. The van der Waals surface area contributed by atoms with Crippen molar-refractivity contribution in [3.63, 3.8) is 0 Å². The average molecular weight is 540 g/mol. The van der Waals surface area contributed by atoms with Gasteiger partial charge in [-0.05, 0) is 46.2 Å². The van der Waals surface area contributed by atoms with Crippen LogP contribution in [0.2, 0.25) is 0 Å². The van der Waals surface area contributed by atoms with E-state index in [9.17, 15) is 0 Å². The molecule has 0 saturated carbocycles. The highest BCUT2D eigenvalue weighted by molar-refractivity contribution is 7.22. The van der Waals surface area contributed by atoms with E-state index in [1.807, 2.05) is 17.4 Å². The number of rotatable bonds is 2. The lowest BCUT2D eigenvalue weighted by molar-refractivity contribution is 0.670. The molecule has 0 unspecified atom stereocenters. The average Bonchev–Trinajstić information content (AvgIpc) is 3.73. The monoisotopic (exact) mass is 539 g/mol. The Morgan fingerprint density at radius 1 is 0.561 bits per heavy atom. The molecule has 0 atom stereocenters. The molecule has 2 nitrogen and oxygen atoms in total. The van der Waals surface area contributed by atoms with Gasteiger partial charge in [0.1, 0.15) is 16.0 Å². The minimum absolute atomic E-state index is 0.922. The van der Waals surface area contributed by atoms with Crippen molar-refractivity contribution in [1.82, 2.24) is 4.40 Å². The molecule has 0 bridgehead atoms. The largest absolute Gasteiger partial charge is 0.455 e. The fraction of sp³-hybridized carbons (Fsp3) is 0. The summed E-state index contributed by atoms with van der Waals surface area (Å²) in [5.41, 5.74) is 7.97. The van der Waals surface area contributed by atoms with E-state index < -0.39 is 0 Å². The van der Waals surface area contributed by atoms with Crippen LogP contribution in [0.25, 0.3) is 91.7 Å². The van der Waals surface area contributed by atoms with Gasteiger partial charge < -0.3 is 4.42 Å². The molecule has 0 amide bonds. The Morgan fingerprint density at radius 2 is 1.34 bits per heavy atom. The smallest absolute Gasteiger partial charge is 0.144 e. The SMILES string of the molecule is c1ccc(-c2ccc3c(oc4ccccc43)c2-c2cc3c4cccc5ccc6c7ccccc7n(c3s2)c6c54)cc1. The maximum atomic E-state index is 6.66. The first-order valence-corrected chi connectivity index (χ1v) is 14.8. The first-order chi connectivity index (χ1) is 20.3. The van der Waals surface area contributed by atoms with Gasteiger partial charge in [0.05, 0.1) is 11.0 Å². The number of furan rings is 1. The second-order valence-electron chi connectivity index (χ2n) is 10.9. The van der Waals surface area contributed by atoms with Crippen LogP contribution in [0.15, 0.2) is 132 Å². The third-order valence-corrected chi connectivity index (χ3v) is 9.90. The molecule has 0 aliphatic rings. The quantitative estimate of drug-likeness (QED) is 0.214. The fourth-order valence-electron chi connectivity index (χ4n) is 7.02. The van der Waals surface area contributed by atoms with E-state index in [4.69, 9.17) is 4.42 Å². The van der Waals surface area contributed by atoms with Gasteiger partial charge in [-0.3, -0.25) is 4.40 Å². The fourth-order valence-corrected chi connectivity index (χ4v) is 8.27. The van der Waals surface area contributed by atoms with Gasteiger partial charge in [-0.2, -0.15) is 0 Å². The minimum atomic E-state index is 0.922. The van der Waals surface area contributed by atoms with Crippen molar-refractivity contribution in [2.75, 3.05) is 0 Å². The molecule has 0 radical (unpaired) electrons. The van der Waals surface area contributed by atoms with Crippen molar-refractivity contribution in [3.05, 3.63) is 127 Å². The summed E-state index contributed by atoms with van der Waals surface area (Å²) in [6.07, 6.45) is 0. The number of hydrogen-bond donors (Lipinski definition) is 0. The lowest BCUT2D eigenvalue weighted by Gasteiger charge is -2.09. The van der Waals surface area contributed by atoms with E-state index >= 15 is 0 Å². The van der Waals surface area contributed by atoms with Crippen LogP contribution in [-0.2, 0) is 0 Å². The highest BCUT2D eigenvalue weighted by atomic mass is 32.1. The van der Waals surface area contributed by atoms with Crippen LogP contribution in [0.3, 0.4) is 0 Å². The zero-order chi connectivity index (χ0) is 26.7. The summed E-state index contributed by atoms with van der Waals surface area (Å²) in [5.74, 6) is 0. The minimum Gasteiger partial charge on any atom is -0.455 e. The molecule has 0 fully saturated rings. The van der Waals surface area contributed by atoms with Crippen molar-refractivity contribution < 1.29 is 4.42 Å². The van der Waals surface area contributed by atoms with Gasteiger partial charge in [0.2, 0.25) is 0 Å². The summed E-state index contributed by atoms with van der Waals surface area (Å²) in [4.78, 5) is 2.48. The number of benzene rings is 6. The molecule has 190 valence electrons. The Morgan fingerprint density at radius 3 is 2.27 bits per heavy atom. The normalized spacial score (nSPS) is 12.4. The predicted octanol–water partition coefficient (Wildman–Crippen LogP) is 11.3. The molecule has 6 aromatic carbocycles. The van der Waals surface area contributed by atoms with Gasteiger partial charge in [-0.15, -0.1) is 11.3 Å². The van der Waals surface area contributed by atoms with Gasteiger partial charge in [0.25, 0.3) is 0 Å². The highest BCUT2D eigenvalue weighted by Crippen LogP contribution is 2.49. The van der Waals surface area contributed by atoms with Crippen molar-refractivity contribution in [2.24, 2.45) is 0 Å². The number of aromatic nitrogens is 1. The molecule has 0 spiro atoms. The Labute approximate surface area is 238 Å². The number of fused-ring (bicyclic) bond motifs is 9. The van der Waals surface area contributed by atoms with Gasteiger partial charge in [-0.1, -0.05) is 103 Å². The standard InChI is InChI=1S/C38H21NOS/c1-2-9-22(10-3-1)24-19-20-29-26-13-5-7-16-32(26)40-37(29)35(24)33-21-30-27-14-8-11-23-17-18-28-25-12-4-6-15-31(25)39(38(30)41-33)36(28)34(23)27/h1-21H. The van der Waals surface area contributed by atoms with Crippen molar-refractivity contribution >= 4 is 81.5 Å². The molecule has 0 saturated heterocycles. The Kier molecular flexibility index (Phi) is 4.10. The van der Waals surface area contributed by atoms with E-state index in [0.29, 0.717) is 0 Å². The van der Waals surface area contributed by atoms with Gasteiger partial charge in [0.15, 0.2) is 0 Å². The third kappa shape index (κ3) is 2.76. The van der Waals surface area contributed by atoms with Crippen LogP contribution in [0, 0.1) is 0 Å². The zero-order valence-corrected chi connectivity index (χ0v) is 22.7. The first kappa shape index (κ1) is 21.7. The molecule has 0 N–H and O–H groups in total. The Balaban J connectivity index is 1.42. The third-order valence-electron chi connectivity index (χ3n) is 8.76. The van der Waals surface area contributed by atoms with Crippen molar-refractivity contribution in [2.45, 2.75) is 0 Å².